The van der Waals surface area contributed by atoms with E-state index in [1.807, 2.05) is 18.2 Å². The summed E-state index contributed by atoms with van der Waals surface area (Å²) in [7, 11) is 0. The van der Waals surface area contributed by atoms with Crippen molar-refractivity contribution in [3.63, 3.8) is 0 Å². The maximum Gasteiger partial charge on any atom is 0.237 e. The average Bonchev–Trinajstić information content (AvgIpc) is 2.80. The number of benzene rings is 2. The van der Waals surface area contributed by atoms with Crippen molar-refractivity contribution in [3.05, 3.63) is 59.2 Å². The van der Waals surface area contributed by atoms with Gasteiger partial charge in [0.25, 0.3) is 0 Å². The Morgan fingerprint density at radius 3 is 2.53 bits per heavy atom. The van der Waals surface area contributed by atoms with Gasteiger partial charge in [0.2, 0.25) is 5.91 Å². The highest BCUT2D eigenvalue weighted by atomic mass is 35.5. The molecular formula is C28H41Cl2N3O3. The number of nitrogens with one attached hydrogen (secondary N) is 2. The number of likely N-dealkylation sites (tertiary alicyclic amines) is 1. The van der Waals surface area contributed by atoms with Gasteiger partial charge in [0.15, 0.2) is 0 Å². The molecule has 0 aliphatic carbocycles. The summed E-state index contributed by atoms with van der Waals surface area (Å²) in [5, 5.41) is 26.3. The molecule has 0 aromatic heterocycles. The first kappa shape index (κ1) is 30.2. The monoisotopic (exact) mass is 537 g/mol. The molecule has 4 N–H and O–H groups in total. The quantitative estimate of drug-likeness (QED) is 0.439. The Kier molecular flexibility index (Phi) is 10.5. The van der Waals surface area contributed by atoms with Gasteiger partial charge >= 0.3 is 0 Å². The second-order valence-corrected chi connectivity index (χ2v) is 10.8. The maximum atomic E-state index is 13.2. The van der Waals surface area contributed by atoms with Gasteiger partial charge in [-0.1, -0.05) is 45.9 Å². The van der Waals surface area contributed by atoms with Crippen molar-refractivity contribution >= 4 is 30.7 Å². The van der Waals surface area contributed by atoms with Gasteiger partial charge in [-0.15, -0.1) is 24.8 Å². The number of phenols is 2. The fourth-order valence-electron chi connectivity index (χ4n) is 5.44. The second-order valence-electron chi connectivity index (χ2n) is 10.8. The number of nitrogens with zero attached hydrogens (tertiary/aromatic N) is 1. The fraction of sp³-hybridized carbons (Fsp3) is 0.536. The maximum absolute atomic E-state index is 13.2. The predicted molar refractivity (Wildman–Crippen MR) is 149 cm³/mol. The molecule has 1 fully saturated rings. The van der Waals surface area contributed by atoms with Crippen LogP contribution in [0.5, 0.6) is 11.5 Å². The van der Waals surface area contributed by atoms with Crippen LogP contribution in [-0.4, -0.2) is 52.7 Å². The van der Waals surface area contributed by atoms with Crippen molar-refractivity contribution in [2.75, 3.05) is 19.6 Å². The van der Waals surface area contributed by atoms with Gasteiger partial charge in [0.05, 0.1) is 6.04 Å². The molecule has 4 rings (SSSR count). The molecule has 4 atom stereocenters. The summed E-state index contributed by atoms with van der Waals surface area (Å²) in [5.74, 6) is 1.39. The fourth-order valence-corrected chi connectivity index (χ4v) is 5.44. The first-order chi connectivity index (χ1) is 16.2. The lowest BCUT2D eigenvalue weighted by molar-refractivity contribution is -0.124. The molecule has 1 amide bonds. The van der Waals surface area contributed by atoms with E-state index in [4.69, 9.17) is 0 Å². The summed E-state index contributed by atoms with van der Waals surface area (Å²) >= 11 is 0. The Morgan fingerprint density at radius 2 is 1.86 bits per heavy atom. The van der Waals surface area contributed by atoms with E-state index in [1.54, 1.807) is 18.2 Å². The van der Waals surface area contributed by atoms with Gasteiger partial charge in [-0.05, 0) is 77.6 Å². The number of carbonyl (C=O) groups is 1. The minimum absolute atomic E-state index is 0. The van der Waals surface area contributed by atoms with Crippen molar-refractivity contribution in [2.24, 2.45) is 11.8 Å². The molecule has 200 valence electrons. The number of fused-ring (bicyclic) bond motifs is 1. The Balaban J connectivity index is 0.00000228. The van der Waals surface area contributed by atoms with Crippen LogP contribution in [0.15, 0.2) is 42.5 Å². The molecular weight excluding hydrogens is 497 g/mol. The molecule has 2 heterocycles. The van der Waals surface area contributed by atoms with E-state index in [1.165, 1.54) is 5.56 Å². The summed E-state index contributed by atoms with van der Waals surface area (Å²) in [6, 6.07) is 12.9. The van der Waals surface area contributed by atoms with Crippen molar-refractivity contribution in [1.82, 2.24) is 15.5 Å². The summed E-state index contributed by atoms with van der Waals surface area (Å²) < 4.78 is 0. The zero-order chi connectivity index (χ0) is 24.5. The topological polar surface area (TPSA) is 84.8 Å². The number of hydrogen-bond donors (Lipinski definition) is 4. The van der Waals surface area contributed by atoms with Crippen LogP contribution >= 0.6 is 24.8 Å². The molecule has 3 unspecified atom stereocenters. The molecule has 2 aromatic carbocycles. The van der Waals surface area contributed by atoms with Crippen molar-refractivity contribution < 1.29 is 15.0 Å². The van der Waals surface area contributed by atoms with Gasteiger partial charge in [-0.2, -0.15) is 0 Å². The third-order valence-electron chi connectivity index (χ3n) is 8.13. The Bertz CT molecular complexity index is 1030. The molecule has 0 saturated carbocycles. The minimum Gasteiger partial charge on any atom is -0.508 e. The standard InChI is InChI=1S/C28H39N3O3.2ClH/c1-18(2)26(30-27(34)25-13-20-8-9-24(33)12-21(20)15-29-25)17-31-11-10-28(4,19(3)16-31)22-6-5-7-23(32)14-22;;/h5-9,12,14,18-19,25-26,29,32-33H,10-11,13,15-17H2,1-4H3,(H,30,34);2*1H/t19?,25?,26?,28-;;/m1../s1. The van der Waals surface area contributed by atoms with E-state index < -0.39 is 0 Å². The third kappa shape index (κ3) is 6.65. The van der Waals surface area contributed by atoms with E-state index in [0.717, 1.165) is 37.2 Å². The van der Waals surface area contributed by atoms with E-state index >= 15 is 0 Å². The van der Waals surface area contributed by atoms with Crippen LogP contribution in [0.25, 0.3) is 0 Å². The van der Waals surface area contributed by atoms with Crippen LogP contribution < -0.4 is 10.6 Å². The number of halogens is 2. The van der Waals surface area contributed by atoms with Gasteiger partial charge in [-0.25, -0.2) is 0 Å². The SMILES string of the molecule is CC(C)C(CN1CC[C@@](C)(c2cccc(O)c2)C(C)C1)NC(=O)C1Cc2ccc(O)cc2CN1.Cl.Cl. The average molecular weight is 539 g/mol. The molecule has 8 heteroatoms. The summed E-state index contributed by atoms with van der Waals surface area (Å²) in [6.07, 6.45) is 1.65. The van der Waals surface area contributed by atoms with Crippen molar-refractivity contribution in [3.8, 4) is 11.5 Å². The zero-order valence-electron chi connectivity index (χ0n) is 21.7. The van der Waals surface area contributed by atoms with Crippen LogP contribution in [0, 0.1) is 11.8 Å². The number of phenolic OH excluding ortho intramolecular Hbond substituents is 2. The first-order valence-corrected chi connectivity index (χ1v) is 12.5. The summed E-state index contributed by atoms with van der Waals surface area (Å²) in [6.45, 7) is 12.3. The summed E-state index contributed by atoms with van der Waals surface area (Å²) in [4.78, 5) is 15.6. The lowest BCUT2D eigenvalue weighted by Gasteiger charge is -2.46. The summed E-state index contributed by atoms with van der Waals surface area (Å²) in [5.41, 5.74) is 3.40. The van der Waals surface area contributed by atoms with Crippen LogP contribution in [-0.2, 0) is 23.2 Å². The van der Waals surface area contributed by atoms with Crippen molar-refractivity contribution in [1.29, 1.82) is 0 Å². The Morgan fingerprint density at radius 1 is 1.14 bits per heavy atom. The molecule has 0 bridgehead atoms. The number of aromatic hydroxyl groups is 2. The minimum atomic E-state index is -0.257. The van der Waals surface area contributed by atoms with E-state index in [2.05, 4.69) is 49.3 Å². The molecule has 6 nitrogen and oxygen atoms in total. The largest absolute Gasteiger partial charge is 0.508 e. The highest BCUT2D eigenvalue weighted by Crippen LogP contribution is 2.40. The van der Waals surface area contributed by atoms with Gasteiger partial charge < -0.3 is 25.7 Å². The molecule has 2 aliphatic heterocycles. The smallest absolute Gasteiger partial charge is 0.237 e. The molecule has 1 saturated heterocycles. The van der Waals surface area contributed by atoms with Crippen LogP contribution in [0.4, 0.5) is 0 Å². The highest BCUT2D eigenvalue weighted by molar-refractivity contribution is 5.85. The van der Waals surface area contributed by atoms with Crippen LogP contribution in [0.1, 0.15) is 50.8 Å². The molecule has 0 spiro atoms. The van der Waals surface area contributed by atoms with E-state index in [0.29, 0.717) is 30.6 Å². The second kappa shape index (κ2) is 12.5. The number of carbonyl (C=O) groups excluding carboxylic acids is 1. The third-order valence-corrected chi connectivity index (χ3v) is 8.13. The van der Waals surface area contributed by atoms with Crippen molar-refractivity contribution in [2.45, 2.75) is 64.6 Å². The number of piperidine rings is 1. The molecule has 2 aromatic rings. The predicted octanol–water partition coefficient (Wildman–Crippen LogP) is 4.40. The zero-order valence-corrected chi connectivity index (χ0v) is 23.3. The molecule has 36 heavy (non-hydrogen) atoms. The van der Waals surface area contributed by atoms with E-state index in [9.17, 15) is 15.0 Å². The van der Waals surface area contributed by atoms with Gasteiger partial charge in [0, 0.05) is 25.7 Å². The Hall–Kier alpha value is -1.99. The normalized spacial score (nSPS) is 24.7. The van der Waals surface area contributed by atoms with Crippen LogP contribution in [0.3, 0.4) is 0 Å². The number of amides is 1. The highest BCUT2D eigenvalue weighted by Gasteiger charge is 2.39. The first-order valence-electron chi connectivity index (χ1n) is 12.5. The molecule has 2 aliphatic rings. The van der Waals surface area contributed by atoms with Crippen LogP contribution in [0.2, 0.25) is 0 Å². The van der Waals surface area contributed by atoms with E-state index in [-0.39, 0.29) is 54.0 Å². The Labute approximate surface area is 227 Å². The van der Waals surface area contributed by atoms with Gasteiger partial charge in [-0.3, -0.25) is 4.79 Å². The number of rotatable bonds is 6. The van der Waals surface area contributed by atoms with Gasteiger partial charge in [0.1, 0.15) is 11.5 Å². The lowest BCUT2D eigenvalue weighted by atomic mass is 9.68. The lowest BCUT2D eigenvalue weighted by Crippen LogP contribution is -2.56. The molecule has 0 radical (unpaired) electrons. The number of hydrogen-bond acceptors (Lipinski definition) is 5.